The van der Waals surface area contributed by atoms with Gasteiger partial charge in [-0.25, -0.2) is 4.79 Å². The lowest BCUT2D eigenvalue weighted by Crippen LogP contribution is -2.71. The number of nitrogens with one attached hydrogen (secondary N) is 1. The van der Waals surface area contributed by atoms with E-state index >= 15 is 0 Å². The first kappa shape index (κ1) is 22.3. The first-order valence-electron chi connectivity index (χ1n) is 8.73. The van der Waals surface area contributed by atoms with E-state index in [1.54, 1.807) is 38.1 Å². The molecule has 7 nitrogen and oxygen atoms in total. The molecule has 0 aliphatic carbocycles. The van der Waals surface area contributed by atoms with Crippen LogP contribution in [0.1, 0.15) is 19.4 Å². The van der Waals surface area contributed by atoms with Crippen LogP contribution in [-0.4, -0.2) is 59.5 Å². The van der Waals surface area contributed by atoms with Crippen molar-refractivity contribution < 1.29 is 23.3 Å². The monoisotopic (exact) mass is 480 g/mol. The molecule has 4 atom stereocenters. The number of nitrogens with zero attached hydrogens (tertiary/aromatic N) is 1. The Hall–Kier alpha value is -1.35. The fourth-order valence-corrected chi connectivity index (χ4v) is 5.59. The van der Waals surface area contributed by atoms with Crippen molar-refractivity contribution in [3.05, 3.63) is 35.9 Å². The molecule has 0 unspecified atom stereocenters. The van der Waals surface area contributed by atoms with Crippen LogP contribution in [0.3, 0.4) is 0 Å². The third kappa shape index (κ3) is 4.40. The lowest BCUT2D eigenvalue weighted by Gasteiger charge is -2.43. The Morgan fingerprint density at radius 1 is 1.24 bits per heavy atom. The van der Waals surface area contributed by atoms with Gasteiger partial charge in [-0.15, -0.1) is 0 Å². The van der Waals surface area contributed by atoms with Crippen molar-refractivity contribution in [3.63, 3.8) is 0 Å². The molecule has 2 aliphatic heterocycles. The third-order valence-corrected chi connectivity index (χ3v) is 7.41. The zero-order chi connectivity index (χ0) is 21.6. The summed E-state index contributed by atoms with van der Waals surface area (Å²) in [5.41, 5.74) is 0.787. The fourth-order valence-electron chi connectivity index (χ4n) is 3.51. The second kappa shape index (κ2) is 8.06. The maximum absolute atomic E-state index is 13.0. The van der Waals surface area contributed by atoms with Gasteiger partial charge in [0.25, 0.3) is 0 Å². The second-order valence-electron chi connectivity index (χ2n) is 7.37. The Balaban J connectivity index is 1.71. The highest BCUT2D eigenvalue weighted by Gasteiger charge is 2.68. The molecular weight excluding hydrogens is 463 g/mol. The molecule has 0 spiro atoms. The van der Waals surface area contributed by atoms with Crippen LogP contribution in [0, 0.1) is 0 Å². The van der Waals surface area contributed by atoms with Gasteiger partial charge < -0.3 is 15.0 Å². The molecule has 158 valence electrons. The van der Waals surface area contributed by atoms with Crippen LogP contribution in [0.15, 0.2) is 30.3 Å². The van der Waals surface area contributed by atoms with Gasteiger partial charge in [0.2, 0.25) is 15.6 Å². The van der Waals surface area contributed by atoms with Crippen molar-refractivity contribution in [1.82, 2.24) is 10.2 Å². The Morgan fingerprint density at radius 3 is 2.45 bits per heavy atom. The van der Waals surface area contributed by atoms with Gasteiger partial charge in [-0.3, -0.25) is 13.8 Å². The summed E-state index contributed by atoms with van der Waals surface area (Å²) in [5, 5.41) is 1.81. The van der Waals surface area contributed by atoms with Crippen LogP contribution < -0.4 is 5.32 Å². The maximum atomic E-state index is 13.0. The summed E-state index contributed by atoms with van der Waals surface area (Å²) in [6.07, 6.45) is 0.0854. The number of ether oxygens (including phenoxy) is 1. The molecule has 2 saturated heterocycles. The van der Waals surface area contributed by atoms with E-state index in [2.05, 4.69) is 5.32 Å². The SMILES string of the molecule is CC1(C)[C@@H](C(=O)OCC(Cl)(Cl)Cl)N2C(=O)[C@@H](NC(=O)Cc3ccccc3)[C@H]2[S@]1=O. The normalized spacial score (nSPS) is 27.8. The topological polar surface area (TPSA) is 92.8 Å². The summed E-state index contributed by atoms with van der Waals surface area (Å²) >= 11 is 16.8. The van der Waals surface area contributed by atoms with E-state index in [9.17, 15) is 18.6 Å². The van der Waals surface area contributed by atoms with Crippen LogP contribution in [0.5, 0.6) is 0 Å². The zero-order valence-corrected chi connectivity index (χ0v) is 18.6. The number of halogens is 3. The minimum Gasteiger partial charge on any atom is -0.460 e. The third-order valence-electron chi connectivity index (χ3n) is 4.88. The number of carbonyl (C=O) groups is 3. The zero-order valence-electron chi connectivity index (χ0n) is 15.6. The quantitative estimate of drug-likeness (QED) is 0.393. The molecule has 2 aliphatic rings. The number of esters is 1. The fraction of sp³-hybridized carbons (Fsp3) is 0.500. The van der Waals surface area contributed by atoms with E-state index < -0.39 is 55.3 Å². The van der Waals surface area contributed by atoms with Crippen molar-refractivity contribution >= 4 is 63.4 Å². The molecule has 2 heterocycles. The second-order valence-corrected chi connectivity index (χ2v) is 12.0. The predicted molar refractivity (Wildman–Crippen MR) is 110 cm³/mol. The van der Waals surface area contributed by atoms with Crippen LogP contribution in [0.2, 0.25) is 0 Å². The Morgan fingerprint density at radius 2 is 1.86 bits per heavy atom. The molecule has 11 heteroatoms. The molecule has 0 bridgehead atoms. The highest BCUT2D eigenvalue weighted by Crippen LogP contribution is 2.44. The number of fused-ring (bicyclic) bond motifs is 1. The number of rotatable bonds is 5. The Kier molecular flexibility index (Phi) is 6.21. The van der Waals surface area contributed by atoms with E-state index in [0.29, 0.717) is 0 Å². The molecule has 0 radical (unpaired) electrons. The number of hydrogen-bond acceptors (Lipinski definition) is 5. The standard InChI is InChI=1S/C18H19Cl3N2O5S/c1-17(2)13(16(26)28-9-18(19,20)21)23-14(25)12(15(23)29(17)27)22-11(24)8-10-6-4-3-5-7-10/h3-7,12-13,15H,8-9H2,1-2H3,(H,22,24)/t12-,13-,15-,29-/m1/s1. The number of benzene rings is 1. The molecular formula is C18H19Cl3N2O5S. The lowest BCUT2D eigenvalue weighted by molar-refractivity contribution is -0.164. The van der Waals surface area contributed by atoms with E-state index in [4.69, 9.17) is 39.5 Å². The first-order chi connectivity index (χ1) is 13.4. The van der Waals surface area contributed by atoms with Gasteiger partial charge in [0.1, 0.15) is 24.1 Å². The van der Waals surface area contributed by atoms with Crippen molar-refractivity contribution in [2.75, 3.05) is 6.61 Å². The highest BCUT2D eigenvalue weighted by atomic mass is 35.6. The average molecular weight is 482 g/mol. The van der Waals surface area contributed by atoms with Crippen molar-refractivity contribution in [1.29, 1.82) is 0 Å². The molecule has 1 N–H and O–H groups in total. The molecule has 3 rings (SSSR count). The highest BCUT2D eigenvalue weighted by molar-refractivity contribution is 7.87. The van der Waals surface area contributed by atoms with E-state index in [1.165, 1.54) is 4.90 Å². The van der Waals surface area contributed by atoms with Gasteiger partial charge in [0.05, 0.1) is 22.0 Å². The van der Waals surface area contributed by atoms with E-state index in [-0.39, 0.29) is 12.3 Å². The van der Waals surface area contributed by atoms with Gasteiger partial charge in [0.15, 0.2) is 0 Å². The van der Waals surface area contributed by atoms with Gasteiger partial charge in [0, 0.05) is 0 Å². The van der Waals surface area contributed by atoms with Crippen molar-refractivity contribution in [2.24, 2.45) is 0 Å². The Bertz CT molecular complexity index is 859. The van der Waals surface area contributed by atoms with Crippen LogP contribution >= 0.6 is 34.8 Å². The summed E-state index contributed by atoms with van der Waals surface area (Å²) in [6, 6.07) is 6.97. The van der Waals surface area contributed by atoms with E-state index in [1.807, 2.05) is 6.07 Å². The molecule has 0 saturated carbocycles. The van der Waals surface area contributed by atoms with Gasteiger partial charge >= 0.3 is 5.97 Å². The molecule has 1 aromatic carbocycles. The minimum atomic E-state index is -1.80. The molecule has 2 amide bonds. The lowest BCUT2D eigenvalue weighted by atomic mass is 9.96. The van der Waals surface area contributed by atoms with Gasteiger partial charge in [-0.1, -0.05) is 65.1 Å². The van der Waals surface area contributed by atoms with E-state index in [0.717, 1.165) is 5.56 Å². The van der Waals surface area contributed by atoms with Crippen LogP contribution in [0.25, 0.3) is 0 Å². The number of hydrogen-bond donors (Lipinski definition) is 1. The smallest absolute Gasteiger partial charge is 0.330 e. The predicted octanol–water partition coefficient (Wildman–Crippen LogP) is 1.71. The largest absolute Gasteiger partial charge is 0.460 e. The Labute approximate surface area is 185 Å². The van der Waals surface area contributed by atoms with Crippen molar-refractivity contribution in [3.8, 4) is 0 Å². The van der Waals surface area contributed by atoms with Gasteiger partial charge in [-0.05, 0) is 19.4 Å². The molecule has 2 fully saturated rings. The summed E-state index contributed by atoms with van der Waals surface area (Å²) < 4.78 is 15.1. The minimum absolute atomic E-state index is 0.0854. The van der Waals surface area contributed by atoms with Gasteiger partial charge in [-0.2, -0.15) is 0 Å². The molecule has 0 aromatic heterocycles. The summed E-state index contributed by atoms with van der Waals surface area (Å²) in [6.45, 7) is 2.69. The maximum Gasteiger partial charge on any atom is 0.330 e. The van der Waals surface area contributed by atoms with Crippen LogP contribution in [0.4, 0.5) is 0 Å². The molecule has 29 heavy (non-hydrogen) atoms. The number of β-lactam (4-membered cyclic amide) rings is 1. The summed E-state index contributed by atoms with van der Waals surface area (Å²) in [7, 11) is -1.62. The van der Waals surface area contributed by atoms with Crippen LogP contribution in [-0.2, 0) is 36.3 Å². The average Bonchev–Trinajstić information content (AvgIpc) is 2.82. The number of alkyl halides is 3. The first-order valence-corrected chi connectivity index (χ1v) is 11.1. The number of carbonyl (C=O) groups excluding carboxylic acids is 3. The summed E-state index contributed by atoms with van der Waals surface area (Å²) in [4.78, 5) is 38.7. The summed E-state index contributed by atoms with van der Waals surface area (Å²) in [5.74, 6) is -1.67. The molecule has 1 aromatic rings. The van der Waals surface area contributed by atoms with Crippen molar-refractivity contribution in [2.45, 2.75) is 46.3 Å². The number of amides is 2.